The van der Waals surface area contributed by atoms with Gasteiger partial charge in [0, 0.05) is 24.5 Å². The number of fused-ring (bicyclic) bond motifs is 2. The summed E-state index contributed by atoms with van der Waals surface area (Å²) in [6.07, 6.45) is -0.170. The first kappa shape index (κ1) is 23.2. The highest BCUT2D eigenvalue weighted by Gasteiger charge is 2.26. The van der Waals surface area contributed by atoms with Crippen LogP contribution in [0.15, 0.2) is 71.5 Å². The van der Waals surface area contributed by atoms with E-state index in [4.69, 9.17) is 14.7 Å². The Kier molecular flexibility index (Phi) is 5.96. The second-order valence-corrected chi connectivity index (χ2v) is 8.36. The number of anilines is 2. The largest absolute Gasteiger partial charge is 0.733 e. The fourth-order valence-electron chi connectivity index (χ4n) is 4.29. The molecule has 1 atom stereocenters. The number of benzene rings is 3. The van der Waals surface area contributed by atoms with Crippen molar-refractivity contribution >= 4 is 28.1 Å². The average Bonchev–Trinajstić information content (AvgIpc) is 3.35. The van der Waals surface area contributed by atoms with Crippen molar-refractivity contribution in [1.82, 2.24) is 4.57 Å². The standard InChI is InChI=1S/C26H22N3O7/c1-28-20-5-3-2-4-18(20)25(31)24(26(28)32)21(30)13-19(15-6-11-22-23(12-15)36-14-35-22)27-16-7-9-17(10-8-16)29(33)34/h2-12,19,27,31,33H,13-14H2,1H3/q-1/t19-/m1/s1. The van der Waals surface area contributed by atoms with Crippen LogP contribution in [0.25, 0.3) is 10.9 Å². The maximum atomic E-state index is 13.5. The fraction of sp³-hybridized carbons (Fsp3) is 0.154. The van der Waals surface area contributed by atoms with Crippen LogP contribution in [0.2, 0.25) is 0 Å². The molecule has 3 aromatic carbocycles. The molecule has 184 valence electrons. The molecule has 10 nitrogen and oxygen atoms in total. The second kappa shape index (κ2) is 9.25. The van der Waals surface area contributed by atoms with Crippen molar-refractivity contribution in [3.63, 3.8) is 0 Å². The third-order valence-corrected chi connectivity index (χ3v) is 6.17. The van der Waals surface area contributed by atoms with Gasteiger partial charge in [-0.1, -0.05) is 18.2 Å². The molecule has 2 heterocycles. The van der Waals surface area contributed by atoms with Crippen LogP contribution >= 0.6 is 0 Å². The van der Waals surface area contributed by atoms with E-state index < -0.39 is 17.4 Å². The van der Waals surface area contributed by atoms with Crippen molar-refractivity contribution in [2.75, 3.05) is 17.3 Å². The van der Waals surface area contributed by atoms with Gasteiger partial charge in [-0.3, -0.25) is 14.8 Å². The molecule has 0 amide bonds. The lowest BCUT2D eigenvalue weighted by Crippen LogP contribution is -2.26. The summed E-state index contributed by atoms with van der Waals surface area (Å²) in [7, 11) is 1.55. The van der Waals surface area contributed by atoms with Crippen molar-refractivity contribution in [3.8, 4) is 17.2 Å². The van der Waals surface area contributed by atoms with E-state index in [1.54, 1.807) is 61.6 Å². The first-order valence-electron chi connectivity index (χ1n) is 11.1. The molecule has 0 saturated carbocycles. The lowest BCUT2D eigenvalue weighted by Gasteiger charge is -2.23. The van der Waals surface area contributed by atoms with Crippen molar-refractivity contribution in [3.05, 3.63) is 93.4 Å². The van der Waals surface area contributed by atoms with Crippen LogP contribution in [0, 0.1) is 5.21 Å². The zero-order chi connectivity index (χ0) is 25.4. The number of aromatic hydroxyl groups is 1. The number of pyridine rings is 1. The number of nitrogens with zero attached hydrogens (tertiary/aromatic N) is 2. The number of nitrogens with one attached hydrogen (secondary N) is 1. The van der Waals surface area contributed by atoms with Crippen LogP contribution in [-0.2, 0) is 7.05 Å². The van der Waals surface area contributed by atoms with Crippen molar-refractivity contribution in [2.45, 2.75) is 12.5 Å². The molecule has 1 aliphatic rings. The summed E-state index contributed by atoms with van der Waals surface area (Å²) in [5, 5.41) is 34.5. The van der Waals surface area contributed by atoms with Gasteiger partial charge in [0.2, 0.25) is 6.79 Å². The van der Waals surface area contributed by atoms with Gasteiger partial charge in [0.1, 0.15) is 11.3 Å². The fourth-order valence-corrected chi connectivity index (χ4v) is 4.29. The summed E-state index contributed by atoms with van der Waals surface area (Å²) in [4.78, 5) is 26.5. The Morgan fingerprint density at radius 1 is 1.11 bits per heavy atom. The van der Waals surface area contributed by atoms with E-state index in [0.29, 0.717) is 33.7 Å². The normalized spacial score (nSPS) is 13.0. The van der Waals surface area contributed by atoms with Crippen molar-refractivity contribution in [1.29, 1.82) is 0 Å². The molecule has 0 aliphatic carbocycles. The SMILES string of the molecule is Cn1c(=O)c(C(=O)C[C@@H](Nc2ccc(N([O-])O)cc2)c2ccc3c(c2)OCO3)c(O)c2ccccc21. The zero-order valence-corrected chi connectivity index (χ0v) is 19.2. The van der Waals surface area contributed by atoms with Crippen LogP contribution < -0.4 is 25.6 Å². The van der Waals surface area contributed by atoms with E-state index in [-0.39, 0.29) is 35.4 Å². The van der Waals surface area contributed by atoms with Crippen molar-refractivity contribution in [2.24, 2.45) is 7.05 Å². The monoisotopic (exact) mass is 488 g/mol. The van der Waals surface area contributed by atoms with Gasteiger partial charge in [-0.2, -0.15) is 0 Å². The van der Waals surface area contributed by atoms with E-state index in [0.717, 1.165) is 0 Å². The Morgan fingerprint density at radius 2 is 1.83 bits per heavy atom. The van der Waals surface area contributed by atoms with Gasteiger partial charge >= 0.3 is 0 Å². The number of carbonyl (C=O) groups excluding carboxylic acids is 1. The highest BCUT2D eigenvalue weighted by atomic mass is 16.8. The molecule has 1 aliphatic heterocycles. The number of hydrogen-bond acceptors (Lipinski definition) is 9. The van der Waals surface area contributed by atoms with E-state index in [1.165, 1.54) is 16.7 Å². The number of ketones is 1. The van der Waals surface area contributed by atoms with Gasteiger partial charge < -0.3 is 34.9 Å². The topological polar surface area (TPSA) is 136 Å². The summed E-state index contributed by atoms with van der Waals surface area (Å²) < 4.78 is 12.2. The molecule has 4 aromatic rings. The molecule has 3 N–H and O–H groups in total. The van der Waals surface area contributed by atoms with Crippen LogP contribution in [0.5, 0.6) is 17.2 Å². The minimum absolute atomic E-state index is 0.0424. The number of ether oxygens (including phenoxy) is 2. The second-order valence-electron chi connectivity index (χ2n) is 8.36. The van der Waals surface area contributed by atoms with Crippen LogP contribution in [0.1, 0.15) is 28.4 Å². The van der Waals surface area contributed by atoms with E-state index in [1.807, 2.05) is 0 Å². The third-order valence-electron chi connectivity index (χ3n) is 6.17. The molecule has 0 radical (unpaired) electrons. The smallest absolute Gasteiger partial charge is 0.265 e. The predicted molar refractivity (Wildman–Crippen MR) is 133 cm³/mol. The Balaban J connectivity index is 1.52. The highest BCUT2D eigenvalue weighted by Crippen LogP contribution is 2.37. The summed E-state index contributed by atoms with van der Waals surface area (Å²) in [6.45, 7) is 0.0884. The van der Waals surface area contributed by atoms with Gasteiger partial charge in [-0.05, 0) is 54.1 Å². The van der Waals surface area contributed by atoms with E-state index in [2.05, 4.69) is 5.32 Å². The minimum Gasteiger partial charge on any atom is -0.733 e. The van der Waals surface area contributed by atoms with Gasteiger partial charge in [-0.15, -0.1) is 0 Å². The Labute approximate surface area is 205 Å². The van der Waals surface area contributed by atoms with Gasteiger partial charge in [-0.25, -0.2) is 0 Å². The molecule has 0 fully saturated rings. The summed E-state index contributed by atoms with van der Waals surface area (Å²) in [5.41, 5.74) is 0.914. The Morgan fingerprint density at radius 3 is 2.58 bits per heavy atom. The first-order valence-corrected chi connectivity index (χ1v) is 11.1. The third kappa shape index (κ3) is 4.19. The number of carbonyl (C=O) groups is 1. The number of hydrogen-bond donors (Lipinski definition) is 3. The molecule has 0 spiro atoms. The number of rotatable bonds is 7. The number of aryl methyl sites for hydroxylation is 1. The molecule has 5 rings (SSSR count). The Bertz CT molecular complexity index is 1510. The molecule has 0 bridgehead atoms. The maximum absolute atomic E-state index is 13.5. The highest BCUT2D eigenvalue weighted by molar-refractivity contribution is 6.03. The van der Waals surface area contributed by atoms with Gasteiger partial charge in [0.05, 0.1) is 17.2 Å². The lowest BCUT2D eigenvalue weighted by molar-refractivity contribution is 0.0972. The number of Topliss-reactive ketones (excluding diaryl/α,β-unsaturated/α-hetero) is 1. The van der Waals surface area contributed by atoms with Crippen LogP contribution in [-0.4, -0.2) is 27.5 Å². The molecule has 0 saturated heterocycles. The summed E-state index contributed by atoms with van der Waals surface area (Å²) in [6, 6.07) is 17.4. The predicted octanol–water partition coefficient (Wildman–Crippen LogP) is 4.09. The molecule has 36 heavy (non-hydrogen) atoms. The molecular weight excluding hydrogens is 466 g/mol. The molecule has 1 aromatic heterocycles. The lowest BCUT2D eigenvalue weighted by atomic mass is 9.96. The maximum Gasteiger partial charge on any atom is 0.265 e. The van der Waals surface area contributed by atoms with Gasteiger partial charge in [0.25, 0.3) is 5.56 Å². The minimum atomic E-state index is -0.633. The first-order chi connectivity index (χ1) is 17.3. The summed E-state index contributed by atoms with van der Waals surface area (Å²) >= 11 is 0. The van der Waals surface area contributed by atoms with Crippen LogP contribution in [0.3, 0.4) is 0 Å². The van der Waals surface area contributed by atoms with E-state index in [9.17, 15) is 19.9 Å². The summed E-state index contributed by atoms with van der Waals surface area (Å²) in [5.74, 6) is 0.194. The van der Waals surface area contributed by atoms with Gasteiger partial charge in [0.15, 0.2) is 17.3 Å². The number of para-hydroxylation sites is 1. The Hall–Kier alpha value is -4.54. The average molecular weight is 488 g/mol. The molecule has 0 unspecified atom stereocenters. The van der Waals surface area contributed by atoms with E-state index >= 15 is 0 Å². The zero-order valence-electron chi connectivity index (χ0n) is 19.2. The quantitative estimate of drug-likeness (QED) is 0.259. The molecular formula is C26H22N3O7-. The molecule has 10 heteroatoms. The van der Waals surface area contributed by atoms with Crippen molar-refractivity contribution < 1.29 is 24.6 Å². The number of aromatic nitrogens is 1. The van der Waals surface area contributed by atoms with Crippen LogP contribution in [0.4, 0.5) is 11.4 Å².